The van der Waals surface area contributed by atoms with E-state index in [0.717, 1.165) is 25.5 Å². The van der Waals surface area contributed by atoms with E-state index < -0.39 is 33.7 Å². The van der Waals surface area contributed by atoms with E-state index in [1.165, 1.54) is 51.4 Å². The number of hydrogen-bond donors (Lipinski definition) is 1. The monoisotopic (exact) mass is 448 g/mol. The Hall–Kier alpha value is -1.41. The highest BCUT2D eigenvalue weighted by Gasteiger charge is 2.35. The predicted molar refractivity (Wildman–Crippen MR) is 118 cm³/mol. The molecule has 1 N–H and O–H groups in total. The number of carbonyl (C=O) groups excluding carboxylic acids is 2. The van der Waals surface area contributed by atoms with Crippen LogP contribution < -0.4 is 0 Å². The van der Waals surface area contributed by atoms with Gasteiger partial charge in [0.2, 0.25) is 0 Å². The van der Waals surface area contributed by atoms with E-state index >= 15 is 0 Å². The standard InChI is InChI=1S/C22H40O7S/c1-3-5-7-8-9-10-11-12-13-14-15-16-18-29-22(24)20(30(25,26)27)19-21(23)28-17-6-4-2/h6,17,20H,3-5,7-16,18-19H2,1-2H3,(H,25,26,27)/b17-6+. The van der Waals surface area contributed by atoms with Crippen molar-refractivity contribution in [2.24, 2.45) is 0 Å². The fourth-order valence-corrected chi connectivity index (χ4v) is 3.60. The van der Waals surface area contributed by atoms with Gasteiger partial charge in [0.15, 0.2) is 5.25 Å². The van der Waals surface area contributed by atoms with Crippen molar-refractivity contribution in [1.82, 2.24) is 0 Å². The number of ether oxygens (including phenoxy) is 2. The van der Waals surface area contributed by atoms with E-state index in [0.29, 0.717) is 12.8 Å². The first kappa shape index (κ1) is 28.6. The fourth-order valence-electron chi connectivity index (χ4n) is 2.94. The van der Waals surface area contributed by atoms with Crippen LogP contribution in [0.2, 0.25) is 0 Å². The molecule has 7 nitrogen and oxygen atoms in total. The van der Waals surface area contributed by atoms with E-state index in [2.05, 4.69) is 11.7 Å². The molecule has 0 spiro atoms. The van der Waals surface area contributed by atoms with Gasteiger partial charge in [-0.3, -0.25) is 14.1 Å². The molecule has 0 aliphatic rings. The second-order valence-corrected chi connectivity index (χ2v) is 9.13. The molecule has 0 aliphatic heterocycles. The minimum atomic E-state index is -4.76. The zero-order valence-corrected chi connectivity index (χ0v) is 19.5. The molecular weight excluding hydrogens is 408 g/mol. The van der Waals surface area contributed by atoms with Crippen LogP contribution in [0.5, 0.6) is 0 Å². The van der Waals surface area contributed by atoms with E-state index in [9.17, 15) is 22.6 Å². The summed E-state index contributed by atoms with van der Waals surface area (Å²) in [7, 11) is -4.76. The van der Waals surface area contributed by atoms with Crippen LogP contribution in [0.1, 0.15) is 104 Å². The second kappa shape index (κ2) is 18.4. The molecule has 0 aromatic carbocycles. The smallest absolute Gasteiger partial charge is 0.327 e. The topological polar surface area (TPSA) is 107 Å². The van der Waals surface area contributed by atoms with Crippen molar-refractivity contribution < 1.29 is 32.0 Å². The highest BCUT2D eigenvalue weighted by Crippen LogP contribution is 2.13. The van der Waals surface area contributed by atoms with Crippen molar-refractivity contribution >= 4 is 22.1 Å². The van der Waals surface area contributed by atoms with Gasteiger partial charge in [-0.05, 0) is 18.9 Å². The SMILES string of the molecule is CC/C=C/OC(=O)CC(C(=O)OCCCCCCCCCCCCCC)S(=O)(=O)O. The summed E-state index contributed by atoms with van der Waals surface area (Å²) in [6, 6.07) is 0. The van der Waals surface area contributed by atoms with E-state index in [4.69, 9.17) is 4.74 Å². The summed E-state index contributed by atoms with van der Waals surface area (Å²) >= 11 is 0. The number of rotatable bonds is 19. The summed E-state index contributed by atoms with van der Waals surface area (Å²) in [5.74, 6) is -2.05. The number of carbonyl (C=O) groups is 2. The molecular formula is C22H40O7S. The molecule has 0 rings (SSSR count). The van der Waals surface area contributed by atoms with Crippen LogP contribution >= 0.6 is 0 Å². The summed E-state index contributed by atoms with van der Waals surface area (Å²) in [4.78, 5) is 23.6. The van der Waals surface area contributed by atoms with Crippen molar-refractivity contribution in [2.75, 3.05) is 6.61 Å². The Bertz CT molecular complexity index is 584. The van der Waals surface area contributed by atoms with Crippen LogP contribution in [-0.2, 0) is 29.2 Å². The van der Waals surface area contributed by atoms with E-state index in [1.54, 1.807) is 6.08 Å². The van der Waals surface area contributed by atoms with Crippen molar-refractivity contribution in [1.29, 1.82) is 0 Å². The third-order valence-electron chi connectivity index (χ3n) is 4.75. The molecule has 0 aromatic heterocycles. The Morgan fingerprint density at radius 3 is 1.83 bits per heavy atom. The van der Waals surface area contributed by atoms with Gasteiger partial charge in [-0.2, -0.15) is 8.42 Å². The lowest BCUT2D eigenvalue weighted by atomic mass is 10.1. The predicted octanol–water partition coefficient (Wildman–Crippen LogP) is 5.34. The molecule has 0 aromatic rings. The highest BCUT2D eigenvalue weighted by atomic mass is 32.2. The molecule has 30 heavy (non-hydrogen) atoms. The Morgan fingerprint density at radius 1 is 0.867 bits per heavy atom. The summed E-state index contributed by atoms with van der Waals surface area (Å²) in [6.45, 7) is 4.11. The zero-order valence-electron chi connectivity index (χ0n) is 18.6. The Labute approximate surface area is 182 Å². The van der Waals surface area contributed by atoms with Gasteiger partial charge in [-0.15, -0.1) is 0 Å². The maximum absolute atomic E-state index is 12.0. The zero-order chi connectivity index (χ0) is 22.7. The van der Waals surface area contributed by atoms with Crippen LogP contribution in [0, 0.1) is 0 Å². The molecule has 0 fully saturated rings. The lowest BCUT2D eigenvalue weighted by Crippen LogP contribution is -2.34. The van der Waals surface area contributed by atoms with Crippen molar-refractivity contribution in [3.05, 3.63) is 12.3 Å². The average molecular weight is 449 g/mol. The van der Waals surface area contributed by atoms with Gasteiger partial charge in [0.25, 0.3) is 10.1 Å². The molecule has 1 atom stereocenters. The van der Waals surface area contributed by atoms with Crippen LogP contribution in [0.4, 0.5) is 0 Å². The van der Waals surface area contributed by atoms with Crippen LogP contribution in [-0.4, -0.2) is 36.8 Å². The first-order chi connectivity index (χ1) is 14.3. The summed E-state index contributed by atoms with van der Waals surface area (Å²) in [5, 5.41) is -1.96. The van der Waals surface area contributed by atoms with Crippen LogP contribution in [0.25, 0.3) is 0 Å². The molecule has 0 saturated carbocycles. The summed E-state index contributed by atoms with van der Waals surface area (Å²) in [6.07, 6.45) is 16.5. The first-order valence-electron chi connectivity index (χ1n) is 11.3. The van der Waals surface area contributed by atoms with E-state index in [1.807, 2.05) is 6.92 Å². The van der Waals surface area contributed by atoms with Gasteiger partial charge in [0.1, 0.15) is 0 Å². The summed E-state index contributed by atoms with van der Waals surface area (Å²) < 4.78 is 41.6. The number of allylic oxidation sites excluding steroid dienone is 1. The lowest BCUT2D eigenvalue weighted by molar-refractivity contribution is -0.147. The quantitative estimate of drug-likeness (QED) is 0.123. The third-order valence-corrected chi connectivity index (χ3v) is 5.83. The summed E-state index contributed by atoms with van der Waals surface area (Å²) in [5.41, 5.74) is 0. The van der Waals surface area contributed by atoms with Crippen molar-refractivity contribution in [2.45, 2.75) is 109 Å². The molecule has 0 amide bonds. The Kier molecular flexibility index (Phi) is 17.5. The molecule has 8 heteroatoms. The van der Waals surface area contributed by atoms with Crippen LogP contribution in [0.3, 0.4) is 0 Å². The average Bonchev–Trinajstić information content (AvgIpc) is 2.69. The number of hydrogen-bond acceptors (Lipinski definition) is 6. The highest BCUT2D eigenvalue weighted by molar-refractivity contribution is 7.87. The van der Waals surface area contributed by atoms with Gasteiger partial charge in [0.05, 0.1) is 19.3 Å². The van der Waals surface area contributed by atoms with Gasteiger partial charge in [-0.1, -0.05) is 84.5 Å². The fraction of sp³-hybridized carbons (Fsp3) is 0.818. The number of unbranched alkanes of at least 4 members (excludes halogenated alkanes) is 11. The molecule has 0 radical (unpaired) electrons. The molecule has 0 aliphatic carbocycles. The minimum Gasteiger partial charge on any atom is -0.465 e. The van der Waals surface area contributed by atoms with Crippen LogP contribution in [0.15, 0.2) is 12.3 Å². The largest absolute Gasteiger partial charge is 0.465 e. The van der Waals surface area contributed by atoms with Crippen molar-refractivity contribution in [3.63, 3.8) is 0 Å². The van der Waals surface area contributed by atoms with Gasteiger partial charge >= 0.3 is 11.9 Å². The Balaban J connectivity index is 3.92. The second-order valence-electron chi connectivity index (χ2n) is 7.53. The first-order valence-corrected chi connectivity index (χ1v) is 12.8. The molecule has 0 saturated heterocycles. The number of esters is 2. The van der Waals surface area contributed by atoms with Gasteiger partial charge in [-0.25, -0.2) is 0 Å². The maximum atomic E-state index is 12.0. The molecule has 0 bridgehead atoms. The minimum absolute atomic E-state index is 0.0626. The molecule has 0 heterocycles. The maximum Gasteiger partial charge on any atom is 0.327 e. The molecule has 176 valence electrons. The van der Waals surface area contributed by atoms with E-state index in [-0.39, 0.29) is 6.61 Å². The van der Waals surface area contributed by atoms with Crippen molar-refractivity contribution in [3.8, 4) is 0 Å². The van der Waals surface area contributed by atoms with Gasteiger partial charge in [0, 0.05) is 0 Å². The Morgan fingerprint density at radius 2 is 1.37 bits per heavy atom. The normalized spacial score (nSPS) is 12.8. The van der Waals surface area contributed by atoms with Gasteiger partial charge < -0.3 is 9.47 Å². The molecule has 1 unspecified atom stereocenters. The third kappa shape index (κ3) is 16.4. The lowest BCUT2D eigenvalue weighted by Gasteiger charge is -2.12.